The van der Waals surface area contributed by atoms with Crippen LogP contribution in [0.15, 0.2) is 6.20 Å². The van der Waals surface area contributed by atoms with E-state index in [1.165, 1.54) is 11.3 Å². The van der Waals surface area contributed by atoms with Crippen molar-refractivity contribution in [1.82, 2.24) is 19.7 Å². The van der Waals surface area contributed by atoms with Crippen LogP contribution in [0, 0.1) is 11.3 Å². The van der Waals surface area contributed by atoms with Gasteiger partial charge in [0.25, 0.3) is 0 Å². The van der Waals surface area contributed by atoms with E-state index < -0.39 is 0 Å². The lowest BCUT2D eigenvalue weighted by Crippen LogP contribution is -2.07. The molecule has 1 fully saturated rings. The number of aromatic nitrogens is 4. The van der Waals surface area contributed by atoms with Gasteiger partial charge < -0.3 is 5.73 Å². The van der Waals surface area contributed by atoms with Gasteiger partial charge in [-0.2, -0.15) is 9.94 Å². The van der Waals surface area contributed by atoms with E-state index in [1.807, 2.05) is 0 Å². The molecule has 2 aromatic heterocycles. The first-order valence-electron chi connectivity index (χ1n) is 5.34. The fourth-order valence-corrected chi connectivity index (χ4v) is 2.26. The minimum absolute atomic E-state index is 0.321. The predicted octanol–water partition coefficient (Wildman–Crippen LogP) is 0.932. The van der Waals surface area contributed by atoms with Gasteiger partial charge >= 0.3 is 0 Å². The van der Waals surface area contributed by atoms with Gasteiger partial charge in [0.15, 0.2) is 5.82 Å². The number of nitrogens with two attached hydrogens (primary N) is 1. The van der Waals surface area contributed by atoms with Crippen LogP contribution in [0.1, 0.15) is 35.3 Å². The summed E-state index contributed by atoms with van der Waals surface area (Å²) in [6.45, 7) is 0.321. The zero-order valence-electron chi connectivity index (χ0n) is 9.00. The summed E-state index contributed by atoms with van der Waals surface area (Å²) in [6, 6.07) is 2.06. The minimum Gasteiger partial charge on any atom is -0.324 e. The van der Waals surface area contributed by atoms with Gasteiger partial charge in [0.1, 0.15) is 16.8 Å². The van der Waals surface area contributed by atoms with Crippen LogP contribution in [-0.4, -0.2) is 19.7 Å². The molecule has 6 nitrogen and oxygen atoms in total. The molecule has 2 N–H and O–H groups in total. The molecule has 0 aromatic carbocycles. The molecule has 17 heavy (non-hydrogen) atoms. The van der Waals surface area contributed by atoms with Crippen molar-refractivity contribution in [2.75, 3.05) is 0 Å². The van der Waals surface area contributed by atoms with Crippen molar-refractivity contribution in [2.24, 2.45) is 5.73 Å². The third kappa shape index (κ3) is 1.81. The lowest BCUT2D eigenvalue weighted by molar-refractivity contribution is 0.775. The Hall–Kier alpha value is -1.78. The van der Waals surface area contributed by atoms with Crippen molar-refractivity contribution in [3.63, 3.8) is 0 Å². The fraction of sp³-hybridized carbons (Fsp3) is 0.400. The molecule has 3 rings (SSSR count). The number of nitrogens with zero attached hydrogens (tertiary/aromatic N) is 5. The van der Waals surface area contributed by atoms with Crippen LogP contribution in [0.3, 0.4) is 0 Å². The van der Waals surface area contributed by atoms with Crippen molar-refractivity contribution in [1.29, 1.82) is 5.26 Å². The monoisotopic (exact) mass is 246 g/mol. The van der Waals surface area contributed by atoms with Gasteiger partial charge in [-0.1, -0.05) is 11.3 Å². The summed E-state index contributed by atoms with van der Waals surface area (Å²) >= 11 is 1.29. The summed E-state index contributed by atoms with van der Waals surface area (Å²) in [6.07, 6.45) is 3.84. The molecule has 1 aliphatic rings. The highest BCUT2D eigenvalue weighted by Crippen LogP contribution is 2.38. The van der Waals surface area contributed by atoms with Gasteiger partial charge in [0.05, 0.1) is 12.7 Å². The summed E-state index contributed by atoms with van der Waals surface area (Å²) in [4.78, 5) is 9.13. The number of hydrogen-bond donors (Lipinski definition) is 1. The molecule has 0 atom stereocenters. The van der Waals surface area contributed by atoms with Crippen molar-refractivity contribution in [2.45, 2.75) is 25.3 Å². The van der Waals surface area contributed by atoms with E-state index in [0.29, 0.717) is 28.3 Å². The van der Waals surface area contributed by atoms with Crippen molar-refractivity contribution in [3.8, 4) is 11.2 Å². The van der Waals surface area contributed by atoms with Gasteiger partial charge in [-0.3, -0.25) is 0 Å². The number of nitriles is 1. The molecule has 0 amide bonds. The topological polar surface area (TPSA) is 93.4 Å². The number of hydrogen-bond acceptors (Lipinski definition) is 6. The summed E-state index contributed by atoms with van der Waals surface area (Å²) in [7, 11) is 0. The standard InChI is InChI=1S/C10H10N6S/c11-3-7-5-13-10(17-7)16-8(4-12)14-9(15-16)6-1-2-6/h5-6H,1-2,4,12H2. The van der Waals surface area contributed by atoms with E-state index in [0.717, 1.165) is 18.7 Å². The minimum atomic E-state index is 0.321. The van der Waals surface area contributed by atoms with Crippen molar-refractivity contribution in [3.05, 3.63) is 22.7 Å². The summed E-state index contributed by atoms with van der Waals surface area (Å²) < 4.78 is 1.65. The molecule has 86 valence electrons. The van der Waals surface area contributed by atoms with Crippen LogP contribution in [0.25, 0.3) is 5.13 Å². The predicted molar refractivity (Wildman–Crippen MR) is 61.6 cm³/mol. The highest BCUT2D eigenvalue weighted by molar-refractivity contribution is 7.14. The highest BCUT2D eigenvalue weighted by Gasteiger charge is 2.29. The second-order valence-corrected chi connectivity index (χ2v) is 4.90. The van der Waals surface area contributed by atoms with E-state index >= 15 is 0 Å². The van der Waals surface area contributed by atoms with Crippen LogP contribution >= 0.6 is 11.3 Å². The fourth-order valence-electron chi connectivity index (χ4n) is 1.58. The Bertz CT molecular complexity index is 588. The Morgan fingerprint density at radius 2 is 2.41 bits per heavy atom. The average molecular weight is 246 g/mol. The van der Waals surface area contributed by atoms with E-state index in [4.69, 9.17) is 11.0 Å². The molecule has 0 radical (unpaired) electrons. The third-order valence-electron chi connectivity index (χ3n) is 2.60. The third-order valence-corrected chi connectivity index (χ3v) is 3.48. The van der Waals surface area contributed by atoms with E-state index in [-0.39, 0.29) is 0 Å². The Labute approximate surface area is 102 Å². The molecule has 7 heteroatoms. The van der Waals surface area contributed by atoms with Crippen LogP contribution in [0.2, 0.25) is 0 Å². The molecule has 0 spiro atoms. The first kappa shape index (κ1) is 10.4. The number of thiazole rings is 1. The lowest BCUT2D eigenvalue weighted by atomic mass is 10.4. The van der Waals surface area contributed by atoms with Crippen molar-refractivity contribution >= 4 is 11.3 Å². The lowest BCUT2D eigenvalue weighted by Gasteiger charge is -1.97. The maximum Gasteiger partial charge on any atom is 0.213 e. The second-order valence-electron chi connectivity index (χ2n) is 3.90. The zero-order valence-corrected chi connectivity index (χ0v) is 9.81. The average Bonchev–Trinajstić information content (AvgIpc) is 2.95. The summed E-state index contributed by atoms with van der Waals surface area (Å²) in [5.74, 6) is 2.03. The number of rotatable bonds is 3. The molecule has 1 saturated carbocycles. The molecule has 2 aromatic rings. The quantitative estimate of drug-likeness (QED) is 0.869. The summed E-state index contributed by atoms with van der Waals surface area (Å²) in [5.41, 5.74) is 5.65. The molecule has 0 bridgehead atoms. The second kappa shape index (κ2) is 3.91. The SMILES string of the molecule is N#Cc1cnc(-n2nc(C3CC3)nc2CN)s1. The zero-order chi connectivity index (χ0) is 11.8. The summed E-state index contributed by atoms with van der Waals surface area (Å²) in [5, 5.41) is 13.9. The molecule has 1 aliphatic carbocycles. The maximum absolute atomic E-state index is 8.78. The van der Waals surface area contributed by atoms with Gasteiger partial charge in [0, 0.05) is 5.92 Å². The molecule has 0 saturated heterocycles. The first-order valence-corrected chi connectivity index (χ1v) is 6.15. The van der Waals surface area contributed by atoms with E-state index in [1.54, 1.807) is 10.9 Å². The van der Waals surface area contributed by atoms with Crippen molar-refractivity contribution < 1.29 is 0 Å². The first-order chi connectivity index (χ1) is 8.31. The Morgan fingerprint density at radius 3 is 3.00 bits per heavy atom. The molecular formula is C10H10N6S. The normalized spacial score (nSPS) is 14.8. The van der Waals surface area contributed by atoms with Gasteiger partial charge in [-0.25, -0.2) is 9.97 Å². The van der Waals surface area contributed by atoms with Crippen LogP contribution in [0.4, 0.5) is 0 Å². The maximum atomic E-state index is 8.78. The molecule has 0 unspecified atom stereocenters. The van der Waals surface area contributed by atoms with Crippen LogP contribution in [-0.2, 0) is 6.54 Å². The van der Waals surface area contributed by atoms with E-state index in [2.05, 4.69) is 21.1 Å². The Kier molecular flexibility index (Phi) is 2.39. The molecule has 0 aliphatic heterocycles. The molecule has 2 heterocycles. The smallest absolute Gasteiger partial charge is 0.213 e. The van der Waals surface area contributed by atoms with Gasteiger partial charge in [-0.15, -0.1) is 5.10 Å². The Balaban J connectivity index is 2.03. The van der Waals surface area contributed by atoms with Gasteiger partial charge in [-0.05, 0) is 12.8 Å². The molecular weight excluding hydrogens is 236 g/mol. The van der Waals surface area contributed by atoms with Crippen LogP contribution < -0.4 is 5.73 Å². The van der Waals surface area contributed by atoms with Gasteiger partial charge in [0.2, 0.25) is 5.13 Å². The Morgan fingerprint density at radius 1 is 1.59 bits per heavy atom. The highest BCUT2D eigenvalue weighted by atomic mass is 32.1. The largest absolute Gasteiger partial charge is 0.324 e. The van der Waals surface area contributed by atoms with E-state index in [9.17, 15) is 0 Å². The van der Waals surface area contributed by atoms with Crippen LogP contribution in [0.5, 0.6) is 0 Å².